The Kier molecular flexibility index (Phi) is 5.27. The number of carbonyl (C=O) groups excluding carboxylic acids is 1. The summed E-state index contributed by atoms with van der Waals surface area (Å²) in [5.74, 6) is -1.71. The number of carbonyl (C=O) groups is 2. The highest BCUT2D eigenvalue weighted by Gasteiger charge is 2.25. The van der Waals surface area contributed by atoms with Crippen molar-refractivity contribution in [3.8, 4) is 0 Å². The Morgan fingerprint density at radius 1 is 1.29 bits per heavy atom. The van der Waals surface area contributed by atoms with Gasteiger partial charge in [0, 0.05) is 13.1 Å². The van der Waals surface area contributed by atoms with Crippen LogP contribution in [0.5, 0.6) is 0 Å². The van der Waals surface area contributed by atoms with Crippen molar-refractivity contribution in [3.63, 3.8) is 0 Å². The quantitative estimate of drug-likeness (QED) is 0.901. The van der Waals surface area contributed by atoms with Gasteiger partial charge in [0.05, 0.1) is 24.7 Å². The summed E-state index contributed by atoms with van der Waals surface area (Å²) in [6.07, 6.45) is 1.22. The molecule has 1 N–H and O–H groups in total. The number of benzene rings is 1. The smallest absolute Gasteiger partial charge is 0.305 e. The number of halogens is 1. The predicted octanol–water partition coefficient (Wildman–Crippen LogP) is 1.92. The summed E-state index contributed by atoms with van der Waals surface area (Å²) < 4.78 is 19.0. The van der Waals surface area contributed by atoms with Crippen molar-refractivity contribution in [2.45, 2.75) is 25.4 Å². The van der Waals surface area contributed by atoms with Crippen molar-refractivity contribution in [3.05, 3.63) is 35.6 Å². The minimum Gasteiger partial charge on any atom is -0.481 e. The maximum Gasteiger partial charge on any atom is 0.305 e. The number of carboxylic acids is 1. The van der Waals surface area contributed by atoms with Gasteiger partial charge in [-0.3, -0.25) is 9.59 Å². The third-order valence-electron chi connectivity index (χ3n) is 3.50. The molecule has 1 fully saturated rings. The van der Waals surface area contributed by atoms with Crippen molar-refractivity contribution >= 4 is 11.9 Å². The molecule has 0 unspecified atom stereocenters. The third kappa shape index (κ3) is 4.26. The maximum absolute atomic E-state index is 13.6. The van der Waals surface area contributed by atoms with E-state index in [1.165, 1.54) is 12.1 Å². The molecule has 5 nitrogen and oxygen atoms in total. The zero-order valence-corrected chi connectivity index (χ0v) is 11.6. The molecule has 0 spiro atoms. The van der Waals surface area contributed by atoms with Gasteiger partial charge < -0.3 is 14.7 Å². The summed E-state index contributed by atoms with van der Waals surface area (Å²) in [5, 5.41) is 8.54. The third-order valence-corrected chi connectivity index (χ3v) is 3.50. The highest BCUT2D eigenvalue weighted by molar-refractivity contribution is 5.94. The average molecular weight is 295 g/mol. The van der Waals surface area contributed by atoms with Crippen LogP contribution in [0.15, 0.2) is 24.3 Å². The zero-order chi connectivity index (χ0) is 15.2. The van der Waals surface area contributed by atoms with E-state index in [4.69, 9.17) is 9.84 Å². The molecule has 0 atom stereocenters. The van der Waals surface area contributed by atoms with Crippen molar-refractivity contribution in [2.24, 2.45) is 0 Å². The van der Waals surface area contributed by atoms with Crippen LogP contribution in [0.2, 0.25) is 0 Å². The molecule has 1 saturated heterocycles. The Morgan fingerprint density at radius 2 is 1.95 bits per heavy atom. The van der Waals surface area contributed by atoms with Crippen LogP contribution in [0.4, 0.5) is 4.39 Å². The van der Waals surface area contributed by atoms with E-state index in [0.717, 1.165) is 0 Å². The summed E-state index contributed by atoms with van der Waals surface area (Å²) in [4.78, 5) is 24.2. The van der Waals surface area contributed by atoms with Gasteiger partial charge in [-0.1, -0.05) is 12.1 Å². The Bertz CT molecular complexity index is 512. The standard InChI is InChI=1S/C15H18FNO4/c16-13-4-2-1-3-12(13)15(20)17-8-5-11(6-9-17)21-10-7-14(18)19/h1-4,11H,5-10H2,(H,18,19). The first kappa shape index (κ1) is 15.4. The number of aliphatic carboxylic acids is 1. The first-order valence-corrected chi connectivity index (χ1v) is 6.95. The average Bonchev–Trinajstić information content (AvgIpc) is 2.47. The van der Waals surface area contributed by atoms with Gasteiger partial charge in [-0.2, -0.15) is 0 Å². The SMILES string of the molecule is O=C(O)CCOC1CCN(C(=O)c2ccccc2F)CC1. The van der Waals surface area contributed by atoms with Gasteiger partial charge in [0.25, 0.3) is 5.91 Å². The fourth-order valence-corrected chi connectivity index (χ4v) is 2.34. The van der Waals surface area contributed by atoms with E-state index in [2.05, 4.69) is 0 Å². The molecule has 0 aliphatic carbocycles. The summed E-state index contributed by atoms with van der Waals surface area (Å²) in [6, 6.07) is 5.94. The number of rotatable bonds is 5. The van der Waals surface area contributed by atoms with Crippen LogP contribution in [-0.4, -0.2) is 47.7 Å². The largest absolute Gasteiger partial charge is 0.481 e. The van der Waals surface area contributed by atoms with E-state index in [1.807, 2.05) is 0 Å². The topological polar surface area (TPSA) is 66.8 Å². The summed E-state index contributed by atoms with van der Waals surface area (Å²) in [7, 11) is 0. The highest BCUT2D eigenvalue weighted by atomic mass is 19.1. The van der Waals surface area contributed by atoms with Crippen LogP contribution in [0, 0.1) is 5.82 Å². The molecule has 1 aromatic carbocycles. The fourth-order valence-electron chi connectivity index (χ4n) is 2.34. The summed E-state index contributed by atoms with van der Waals surface area (Å²) in [6.45, 7) is 1.16. The van der Waals surface area contributed by atoms with Crippen LogP contribution in [0.3, 0.4) is 0 Å². The second kappa shape index (κ2) is 7.17. The molecule has 0 radical (unpaired) electrons. The Hall–Kier alpha value is -1.95. The summed E-state index contributed by atoms with van der Waals surface area (Å²) in [5.41, 5.74) is 0.0859. The lowest BCUT2D eigenvalue weighted by Crippen LogP contribution is -2.41. The molecule has 1 aliphatic heterocycles. The van der Waals surface area contributed by atoms with Crippen molar-refractivity contribution in [1.29, 1.82) is 0 Å². The van der Waals surface area contributed by atoms with Crippen LogP contribution >= 0.6 is 0 Å². The van der Waals surface area contributed by atoms with Gasteiger partial charge >= 0.3 is 5.97 Å². The van der Waals surface area contributed by atoms with E-state index in [1.54, 1.807) is 17.0 Å². The van der Waals surface area contributed by atoms with Crippen LogP contribution in [-0.2, 0) is 9.53 Å². The molecule has 114 valence electrons. The molecule has 0 saturated carbocycles. The molecule has 1 amide bonds. The lowest BCUT2D eigenvalue weighted by molar-refractivity contribution is -0.138. The molecule has 0 aromatic heterocycles. The first-order chi connectivity index (χ1) is 10.1. The maximum atomic E-state index is 13.6. The van der Waals surface area contributed by atoms with E-state index in [9.17, 15) is 14.0 Å². The van der Waals surface area contributed by atoms with Crippen LogP contribution < -0.4 is 0 Å². The molecule has 1 aliphatic rings. The number of carboxylic acid groups (broad SMARTS) is 1. The van der Waals surface area contributed by atoms with E-state index >= 15 is 0 Å². The number of amides is 1. The Balaban J connectivity index is 1.82. The zero-order valence-electron chi connectivity index (χ0n) is 11.6. The Morgan fingerprint density at radius 3 is 2.57 bits per heavy atom. The molecule has 1 heterocycles. The Labute approximate surface area is 122 Å². The van der Waals surface area contributed by atoms with Gasteiger partial charge in [-0.05, 0) is 25.0 Å². The number of nitrogens with zero attached hydrogens (tertiary/aromatic N) is 1. The minimum absolute atomic E-state index is 0.0195. The number of ether oxygens (including phenoxy) is 1. The predicted molar refractivity (Wildman–Crippen MR) is 73.5 cm³/mol. The molecule has 0 bridgehead atoms. The summed E-state index contributed by atoms with van der Waals surface area (Å²) >= 11 is 0. The number of piperidine rings is 1. The highest BCUT2D eigenvalue weighted by Crippen LogP contribution is 2.17. The van der Waals surface area contributed by atoms with Crippen LogP contribution in [0.25, 0.3) is 0 Å². The lowest BCUT2D eigenvalue weighted by atomic mass is 10.1. The first-order valence-electron chi connectivity index (χ1n) is 6.95. The van der Waals surface area contributed by atoms with Gasteiger partial charge in [0.15, 0.2) is 0 Å². The number of hydrogen-bond donors (Lipinski definition) is 1. The lowest BCUT2D eigenvalue weighted by Gasteiger charge is -2.32. The van der Waals surface area contributed by atoms with Crippen LogP contribution in [0.1, 0.15) is 29.6 Å². The molecular weight excluding hydrogens is 277 g/mol. The minimum atomic E-state index is -0.887. The molecule has 6 heteroatoms. The van der Waals surface area contributed by atoms with E-state index < -0.39 is 11.8 Å². The molecule has 21 heavy (non-hydrogen) atoms. The monoisotopic (exact) mass is 295 g/mol. The molecule has 2 rings (SSSR count). The molecular formula is C15H18FNO4. The van der Waals surface area contributed by atoms with Crippen molar-refractivity contribution in [2.75, 3.05) is 19.7 Å². The molecule has 1 aromatic rings. The second-order valence-electron chi connectivity index (χ2n) is 4.99. The normalized spacial score (nSPS) is 16.0. The van der Waals surface area contributed by atoms with E-state index in [-0.39, 0.29) is 30.6 Å². The van der Waals surface area contributed by atoms with Gasteiger partial charge in [0.2, 0.25) is 0 Å². The van der Waals surface area contributed by atoms with Gasteiger partial charge in [-0.25, -0.2) is 4.39 Å². The van der Waals surface area contributed by atoms with Gasteiger partial charge in [-0.15, -0.1) is 0 Å². The van der Waals surface area contributed by atoms with E-state index in [0.29, 0.717) is 25.9 Å². The number of hydrogen-bond acceptors (Lipinski definition) is 3. The van der Waals surface area contributed by atoms with Gasteiger partial charge in [0.1, 0.15) is 5.82 Å². The van der Waals surface area contributed by atoms with Crippen molar-refractivity contribution < 1.29 is 23.8 Å². The number of likely N-dealkylation sites (tertiary alicyclic amines) is 1. The fraction of sp³-hybridized carbons (Fsp3) is 0.467. The second-order valence-corrected chi connectivity index (χ2v) is 4.99. The van der Waals surface area contributed by atoms with Crippen molar-refractivity contribution in [1.82, 2.24) is 4.90 Å².